The van der Waals surface area contributed by atoms with Crippen LogP contribution in [0.25, 0.3) is 11.6 Å². The van der Waals surface area contributed by atoms with Crippen LogP contribution >= 0.6 is 0 Å². The number of amides is 2. The molecule has 1 aliphatic heterocycles. The van der Waals surface area contributed by atoms with Crippen molar-refractivity contribution in [2.75, 3.05) is 20.8 Å². The fourth-order valence-electron chi connectivity index (χ4n) is 3.00. The Balaban J connectivity index is 2.20. The number of fused-ring (bicyclic) bond motifs is 1. The van der Waals surface area contributed by atoms with Gasteiger partial charge in [-0.15, -0.1) is 0 Å². The molecule has 2 aromatic carbocycles. The standard InChI is InChI=1S/C20H17NO6/c1-26-16-9-5-6-12(18(16)27-2)10-15-13-7-3-4-8-14(13)19(24)21(20(15)25)11-17(22)23/h3-10H,11H2,1-2H3,(H,22,23)/b15-10-. The van der Waals surface area contributed by atoms with Crippen molar-refractivity contribution < 1.29 is 29.0 Å². The lowest BCUT2D eigenvalue weighted by atomic mass is 9.92. The number of ether oxygens (including phenoxy) is 2. The molecule has 2 aromatic rings. The summed E-state index contributed by atoms with van der Waals surface area (Å²) in [6.45, 7) is -0.710. The van der Waals surface area contributed by atoms with E-state index in [4.69, 9.17) is 14.6 Å². The number of carboxylic acids is 1. The lowest BCUT2D eigenvalue weighted by molar-refractivity contribution is -0.141. The van der Waals surface area contributed by atoms with E-state index in [-0.39, 0.29) is 11.1 Å². The van der Waals surface area contributed by atoms with E-state index in [0.717, 1.165) is 4.90 Å². The molecule has 1 N–H and O–H groups in total. The third kappa shape index (κ3) is 3.27. The second kappa shape index (κ2) is 7.33. The van der Waals surface area contributed by atoms with Gasteiger partial charge in [-0.25, -0.2) is 0 Å². The van der Waals surface area contributed by atoms with Crippen LogP contribution in [0, 0.1) is 0 Å². The number of carbonyl (C=O) groups excluding carboxylic acids is 2. The SMILES string of the molecule is COc1cccc(/C=C2\C(=O)N(CC(=O)O)C(=O)c3ccccc32)c1OC. The highest BCUT2D eigenvalue weighted by atomic mass is 16.5. The fraction of sp³-hybridized carbons (Fsp3) is 0.150. The van der Waals surface area contributed by atoms with Crippen molar-refractivity contribution in [3.63, 3.8) is 0 Å². The van der Waals surface area contributed by atoms with Crippen molar-refractivity contribution in [3.05, 3.63) is 59.2 Å². The molecule has 0 spiro atoms. The minimum absolute atomic E-state index is 0.206. The summed E-state index contributed by atoms with van der Waals surface area (Å²) in [4.78, 5) is 37.3. The number of hydrogen-bond acceptors (Lipinski definition) is 5. The number of methoxy groups -OCH3 is 2. The van der Waals surface area contributed by atoms with Crippen molar-refractivity contribution in [3.8, 4) is 11.5 Å². The van der Waals surface area contributed by atoms with Crippen molar-refractivity contribution in [2.24, 2.45) is 0 Å². The fourth-order valence-corrected chi connectivity index (χ4v) is 3.00. The summed E-state index contributed by atoms with van der Waals surface area (Å²) in [7, 11) is 2.99. The number of para-hydroxylation sites is 1. The molecule has 0 aliphatic carbocycles. The molecule has 3 rings (SSSR count). The van der Waals surface area contributed by atoms with Crippen LogP contribution in [0.3, 0.4) is 0 Å². The number of nitrogens with zero attached hydrogens (tertiary/aromatic N) is 1. The normalized spacial score (nSPS) is 14.9. The Morgan fingerprint density at radius 1 is 1.00 bits per heavy atom. The first-order valence-corrected chi connectivity index (χ1v) is 8.08. The first-order valence-electron chi connectivity index (χ1n) is 8.08. The average Bonchev–Trinajstić information content (AvgIpc) is 2.67. The van der Waals surface area contributed by atoms with Gasteiger partial charge in [-0.05, 0) is 23.8 Å². The van der Waals surface area contributed by atoms with Gasteiger partial charge in [-0.1, -0.05) is 30.3 Å². The van der Waals surface area contributed by atoms with Gasteiger partial charge in [0, 0.05) is 16.7 Å². The third-order valence-corrected chi connectivity index (χ3v) is 4.19. The zero-order chi connectivity index (χ0) is 19.6. The van der Waals surface area contributed by atoms with E-state index in [1.165, 1.54) is 14.2 Å². The molecule has 1 aliphatic rings. The highest BCUT2D eigenvalue weighted by molar-refractivity contribution is 6.34. The van der Waals surface area contributed by atoms with Crippen molar-refractivity contribution in [1.29, 1.82) is 0 Å². The molecule has 7 nitrogen and oxygen atoms in total. The van der Waals surface area contributed by atoms with E-state index in [9.17, 15) is 14.4 Å². The Morgan fingerprint density at radius 3 is 2.33 bits per heavy atom. The topological polar surface area (TPSA) is 93.1 Å². The second-order valence-electron chi connectivity index (χ2n) is 5.78. The second-order valence-corrected chi connectivity index (χ2v) is 5.78. The quantitative estimate of drug-likeness (QED) is 0.644. The summed E-state index contributed by atoms with van der Waals surface area (Å²) >= 11 is 0. The molecule has 0 saturated carbocycles. The maximum atomic E-state index is 12.9. The number of carbonyl (C=O) groups is 3. The van der Waals surface area contributed by atoms with Gasteiger partial charge in [-0.3, -0.25) is 19.3 Å². The van der Waals surface area contributed by atoms with Crippen LogP contribution in [-0.4, -0.2) is 48.6 Å². The van der Waals surface area contributed by atoms with Crippen LogP contribution in [0.2, 0.25) is 0 Å². The van der Waals surface area contributed by atoms with Gasteiger partial charge in [-0.2, -0.15) is 0 Å². The van der Waals surface area contributed by atoms with Crippen LogP contribution in [-0.2, 0) is 9.59 Å². The molecule has 0 unspecified atom stereocenters. The zero-order valence-corrected chi connectivity index (χ0v) is 14.8. The minimum atomic E-state index is -1.27. The highest BCUT2D eigenvalue weighted by Crippen LogP contribution is 2.36. The molecule has 0 bridgehead atoms. The summed E-state index contributed by atoms with van der Waals surface area (Å²) in [6, 6.07) is 11.8. The van der Waals surface area contributed by atoms with Crippen molar-refractivity contribution in [2.45, 2.75) is 0 Å². The molecule has 0 aromatic heterocycles. The van der Waals surface area contributed by atoms with Gasteiger partial charge in [0.1, 0.15) is 6.54 Å². The summed E-state index contributed by atoms with van der Waals surface area (Å²) in [5.74, 6) is -1.66. The van der Waals surface area contributed by atoms with Crippen LogP contribution in [0.1, 0.15) is 21.5 Å². The molecule has 0 radical (unpaired) electrons. The Labute approximate surface area is 155 Å². The predicted octanol–water partition coefficient (Wildman–Crippen LogP) is 2.31. The number of imide groups is 1. The summed E-state index contributed by atoms with van der Waals surface area (Å²) in [5, 5.41) is 9.07. The minimum Gasteiger partial charge on any atom is -0.493 e. The van der Waals surface area contributed by atoms with Gasteiger partial charge in [0.2, 0.25) is 0 Å². The maximum absolute atomic E-state index is 12.9. The maximum Gasteiger partial charge on any atom is 0.323 e. The Hall–Kier alpha value is -3.61. The van der Waals surface area contributed by atoms with E-state index in [1.54, 1.807) is 48.5 Å². The first kappa shape index (κ1) is 18.2. The first-order chi connectivity index (χ1) is 13.0. The molecule has 1 heterocycles. The van der Waals surface area contributed by atoms with E-state index >= 15 is 0 Å². The van der Waals surface area contributed by atoms with Gasteiger partial charge in [0.05, 0.1) is 14.2 Å². The van der Waals surface area contributed by atoms with Gasteiger partial charge >= 0.3 is 5.97 Å². The summed E-state index contributed by atoms with van der Waals surface area (Å²) < 4.78 is 10.7. The van der Waals surface area contributed by atoms with E-state index in [1.807, 2.05) is 0 Å². The molecule has 0 atom stereocenters. The number of hydrogen-bond donors (Lipinski definition) is 1. The zero-order valence-electron chi connectivity index (χ0n) is 14.8. The highest BCUT2D eigenvalue weighted by Gasteiger charge is 2.35. The molecular formula is C20H17NO6. The summed E-state index contributed by atoms with van der Waals surface area (Å²) in [6.07, 6.45) is 1.57. The number of aliphatic carboxylic acids is 1. The number of benzene rings is 2. The largest absolute Gasteiger partial charge is 0.493 e. The average molecular weight is 367 g/mol. The number of carboxylic acid groups (broad SMARTS) is 1. The smallest absolute Gasteiger partial charge is 0.323 e. The van der Waals surface area contributed by atoms with Crippen molar-refractivity contribution >= 4 is 29.4 Å². The molecule has 7 heteroatoms. The predicted molar refractivity (Wildman–Crippen MR) is 97.5 cm³/mol. The van der Waals surface area contributed by atoms with E-state index in [2.05, 4.69) is 0 Å². The molecular weight excluding hydrogens is 350 g/mol. The molecule has 2 amide bonds. The monoisotopic (exact) mass is 367 g/mol. The van der Waals surface area contributed by atoms with Crippen LogP contribution in [0.15, 0.2) is 42.5 Å². The third-order valence-electron chi connectivity index (χ3n) is 4.19. The lowest BCUT2D eigenvalue weighted by Crippen LogP contribution is -2.44. The molecule has 0 fully saturated rings. The van der Waals surface area contributed by atoms with Crippen LogP contribution < -0.4 is 9.47 Å². The molecule has 27 heavy (non-hydrogen) atoms. The van der Waals surface area contributed by atoms with Gasteiger partial charge in [0.25, 0.3) is 11.8 Å². The number of rotatable bonds is 5. The Bertz CT molecular complexity index is 963. The molecule has 138 valence electrons. The Kier molecular flexibility index (Phi) is 4.94. The lowest BCUT2D eigenvalue weighted by Gasteiger charge is -2.27. The Morgan fingerprint density at radius 2 is 1.70 bits per heavy atom. The summed E-state index contributed by atoms with van der Waals surface area (Å²) in [5.41, 5.74) is 1.49. The van der Waals surface area contributed by atoms with E-state index in [0.29, 0.717) is 22.6 Å². The van der Waals surface area contributed by atoms with E-state index < -0.39 is 24.3 Å². The van der Waals surface area contributed by atoms with Gasteiger partial charge in [0.15, 0.2) is 11.5 Å². The molecule has 0 saturated heterocycles. The van der Waals surface area contributed by atoms with Gasteiger partial charge < -0.3 is 14.6 Å². The van der Waals surface area contributed by atoms with Crippen LogP contribution in [0.5, 0.6) is 11.5 Å². The van der Waals surface area contributed by atoms with Crippen molar-refractivity contribution in [1.82, 2.24) is 4.90 Å². The van der Waals surface area contributed by atoms with Crippen LogP contribution in [0.4, 0.5) is 0 Å².